The lowest BCUT2D eigenvalue weighted by Gasteiger charge is -2.34. The molecule has 22 heavy (non-hydrogen) atoms. The first kappa shape index (κ1) is 19.4. The highest BCUT2D eigenvalue weighted by Crippen LogP contribution is 2.35. The maximum atomic E-state index is 12.1. The van der Waals surface area contributed by atoms with Crippen LogP contribution in [0.15, 0.2) is 40.0 Å². The number of hydrogen-bond donors (Lipinski definition) is 0. The molecule has 0 heterocycles. The number of benzene rings is 1. The number of methoxy groups -OCH3 is 1. The van der Waals surface area contributed by atoms with Gasteiger partial charge in [0.25, 0.3) is 0 Å². The predicted octanol–water partition coefficient (Wildman–Crippen LogP) is 5.24. The fourth-order valence-electron chi connectivity index (χ4n) is 2.52. The standard InChI is InChI=1S/C17H25IO3Si/c1-5-22(6-2,7-3)21-16(14-11-9-8-10-12-14)15(13-18)17(19)20-4/h8-13,16H,5-7H2,1-4H3/b15-13-. The molecule has 0 aliphatic heterocycles. The van der Waals surface area contributed by atoms with Gasteiger partial charge < -0.3 is 9.16 Å². The van der Waals surface area contributed by atoms with Crippen molar-refractivity contribution in [2.24, 2.45) is 0 Å². The summed E-state index contributed by atoms with van der Waals surface area (Å²) in [7, 11) is -0.441. The fraction of sp³-hybridized carbons (Fsp3) is 0.471. The van der Waals surface area contributed by atoms with Crippen LogP contribution < -0.4 is 0 Å². The molecule has 1 aromatic rings. The number of hydrogen-bond acceptors (Lipinski definition) is 3. The smallest absolute Gasteiger partial charge is 0.337 e. The van der Waals surface area contributed by atoms with Gasteiger partial charge in [-0.15, -0.1) is 0 Å². The lowest BCUT2D eigenvalue weighted by molar-refractivity contribution is -0.137. The van der Waals surface area contributed by atoms with Crippen molar-refractivity contribution in [2.75, 3.05) is 7.11 Å². The molecule has 5 heteroatoms. The summed E-state index contributed by atoms with van der Waals surface area (Å²) in [5.41, 5.74) is 1.57. The van der Waals surface area contributed by atoms with Gasteiger partial charge in [-0.3, -0.25) is 0 Å². The SMILES string of the molecule is CC[Si](CC)(CC)OC(/C(=C/I)C(=O)OC)c1ccccc1. The Hall–Kier alpha value is -0.663. The molecule has 1 atom stereocenters. The summed E-state index contributed by atoms with van der Waals surface area (Å²) in [6.45, 7) is 6.56. The molecule has 0 fully saturated rings. The van der Waals surface area contributed by atoms with Gasteiger partial charge in [0, 0.05) is 0 Å². The highest BCUT2D eigenvalue weighted by Gasteiger charge is 2.35. The molecular weight excluding hydrogens is 407 g/mol. The van der Waals surface area contributed by atoms with Gasteiger partial charge in [0.1, 0.15) is 6.10 Å². The molecule has 0 amide bonds. The van der Waals surface area contributed by atoms with Crippen molar-refractivity contribution in [3.8, 4) is 0 Å². The summed E-state index contributed by atoms with van der Waals surface area (Å²) in [5, 5.41) is 0. The van der Waals surface area contributed by atoms with Crippen LogP contribution in [0.1, 0.15) is 32.4 Å². The maximum absolute atomic E-state index is 12.1. The highest BCUT2D eigenvalue weighted by molar-refractivity contribution is 14.1. The first-order valence-corrected chi connectivity index (χ1v) is 11.5. The van der Waals surface area contributed by atoms with E-state index < -0.39 is 8.32 Å². The van der Waals surface area contributed by atoms with Crippen LogP contribution in [0, 0.1) is 0 Å². The summed E-state index contributed by atoms with van der Waals surface area (Å²) in [6, 6.07) is 13.1. The largest absolute Gasteiger partial charge is 0.466 e. The molecule has 1 aromatic carbocycles. The van der Waals surface area contributed by atoms with E-state index in [0.717, 1.165) is 23.7 Å². The minimum Gasteiger partial charge on any atom is -0.466 e. The van der Waals surface area contributed by atoms with Crippen molar-refractivity contribution in [1.82, 2.24) is 0 Å². The van der Waals surface area contributed by atoms with Crippen LogP contribution >= 0.6 is 22.6 Å². The molecule has 0 bridgehead atoms. The molecule has 0 radical (unpaired) electrons. The number of halogens is 1. The highest BCUT2D eigenvalue weighted by atomic mass is 127. The number of esters is 1. The van der Waals surface area contributed by atoms with Crippen molar-refractivity contribution in [2.45, 2.75) is 45.0 Å². The topological polar surface area (TPSA) is 35.5 Å². The van der Waals surface area contributed by atoms with Gasteiger partial charge in [-0.1, -0.05) is 73.7 Å². The molecule has 122 valence electrons. The summed E-state index contributed by atoms with van der Waals surface area (Å²) >= 11 is 2.09. The van der Waals surface area contributed by atoms with Crippen LogP contribution in [0.2, 0.25) is 18.1 Å². The Balaban J connectivity index is 3.26. The second-order valence-electron chi connectivity index (χ2n) is 5.21. The molecule has 0 saturated carbocycles. The lowest BCUT2D eigenvalue weighted by atomic mass is 10.0. The minimum atomic E-state index is -1.85. The van der Waals surface area contributed by atoms with E-state index in [9.17, 15) is 4.79 Å². The zero-order valence-corrected chi connectivity index (χ0v) is 16.9. The Bertz CT molecular complexity index is 490. The van der Waals surface area contributed by atoms with Gasteiger partial charge in [0.2, 0.25) is 0 Å². The normalized spacial score (nSPS) is 13.8. The van der Waals surface area contributed by atoms with E-state index in [-0.39, 0.29) is 12.1 Å². The molecule has 0 spiro atoms. The average Bonchev–Trinajstić information content (AvgIpc) is 2.59. The average molecular weight is 432 g/mol. The van der Waals surface area contributed by atoms with Crippen molar-refractivity contribution in [3.05, 3.63) is 45.6 Å². The van der Waals surface area contributed by atoms with Gasteiger partial charge in [-0.05, 0) is 27.8 Å². The van der Waals surface area contributed by atoms with E-state index >= 15 is 0 Å². The Kier molecular flexibility index (Phi) is 8.34. The molecular formula is C17H25IO3Si. The summed E-state index contributed by atoms with van der Waals surface area (Å²) in [5.74, 6) is -0.325. The molecule has 0 aliphatic carbocycles. The molecule has 1 rings (SSSR count). The Morgan fingerprint density at radius 2 is 1.73 bits per heavy atom. The second-order valence-corrected chi connectivity index (χ2v) is 10.6. The van der Waals surface area contributed by atoms with Gasteiger partial charge >= 0.3 is 5.97 Å². The number of ether oxygens (including phenoxy) is 1. The van der Waals surface area contributed by atoms with E-state index in [1.165, 1.54) is 7.11 Å². The van der Waals surface area contributed by atoms with Crippen LogP contribution in [0.3, 0.4) is 0 Å². The van der Waals surface area contributed by atoms with Gasteiger partial charge in [-0.2, -0.15) is 0 Å². The zero-order chi connectivity index (χ0) is 16.6. The third-order valence-corrected chi connectivity index (χ3v) is 9.50. The minimum absolute atomic E-state index is 0.325. The first-order chi connectivity index (χ1) is 10.6. The molecule has 3 nitrogen and oxygen atoms in total. The number of carbonyl (C=O) groups excluding carboxylic acids is 1. The van der Waals surface area contributed by atoms with Crippen molar-refractivity contribution in [3.63, 3.8) is 0 Å². The summed E-state index contributed by atoms with van der Waals surface area (Å²) in [4.78, 5) is 12.1. The van der Waals surface area contributed by atoms with Crippen molar-refractivity contribution >= 4 is 36.9 Å². The predicted molar refractivity (Wildman–Crippen MR) is 102 cm³/mol. The molecule has 0 N–H and O–H groups in total. The molecule has 0 saturated heterocycles. The van der Waals surface area contributed by atoms with Gasteiger partial charge in [-0.25, -0.2) is 4.79 Å². The summed E-state index contributed by atoms with van der Waals surface area (Å²) in [6.07, 6.45) is -0.350. The van der Waals surface area contributed by atoms with E-state index in [1.807, 2.05) is 30.3 Å². The Morgan fingerprint density at radius 1 is 1.18 bits per heavy atom. The zero-order valence-electron chi connectivity index (χ0n) is 13.8. The van der Waals surface area contributed by atoms with E-state index in [4.69, 9.17) is 9.16 Å². The third-order valence-electron chi connectivity index (χ3n) is 4.22. The van der Waals surface area contributed by atoms with E-state index in [2.05, 4.69) is 43.4 Å². The third kappa shape index (κ3) is 4.66. The molecule has 0 aliphatic rings. The van der Waals surface area contributed by atoms with Crippen LogP contribution in [-0.4, -0.2) is 21.4 Å². The van der Waals surface area contributed by atoms with Crippen LogP contribution in [0.4, 0.5) is 0 Å². The Morgan fingerprint density at radius 3 is 2.14 bits per heavy atom. The van der Waals surface area contributed by atoms with Crippen molar-refractivity contribution in [1.29, 1.82) is 0 Å². The molecule has 0 aromatic heterocycles. The summed E-state index contributed by atoms with van der Waals surface area (Å²) < 4.78 is 13.3. The number of rotatable bonds is 8. The van der Waals surface area contributed by atoms with Gasteiger partial charge in [0.15, 0.2) is 8.32 Å². The maximum Gasteiger partial charge on any atom is 0.337 e. The van der Waals surface area contributed by atoms with Crippen LogP contribution in [0.25, 0.3) is 0 Å². The fourth-order valence-corrected chi connectivity index (χ4v) is 5.86. The second kappa shape index (κ2) is 9.47. The number of carbonyl (C=O) groups is 1. The quantitative estimate of drug-likeness (QED) is 0.244. The lowest BCUT2D eigenvalue weighted by Crippen LogP contribution is -2.38. The van der Waals surface area contributed by atoms with E-state index in [1.54, 1.807) is 4.08 Å². The monoisotopic (exact) mass is 432 g/mol. The van der Waals surface area contributed by atoms with Crippen molar-refractivity contribution < 1.29 is 14.0 Å². The van der Waals surface area contributed by atoms with Crippen LogP contribution in [-0.2, 0) is 14.0 Å². The van der Waals surface area contributed by atoms with E-state index in [0.29, 0.717) is 5.57 Å². The first-order valence-electron chi connectivity index (χ1n) is 7.68. The van der Waals surface area contributed by atoms with Crippen LogP contribution in [0.5, 0.6) is 0 Å². The van der Waals surface area contributed by atoms with Gasteiger partial charge in [0.05, 0.1) is 12.7 Å². The molecule has 1 unspecified atom stereocenters. The Labute approximate surface area is 148 Å².